The lowest BCUT2D eigenvalue weighted by atomic mass is 9.63. The lowest BCUT2D eigenvalue weighted by Gasteiger charge is -2.44. The summed E-state index contributed by atoms with van der Waals surface area (Å²) in [5, 5.41) is 3.70. The Morgan fingerprint density at radius 2 is 1.84 bits per heavy atom. The highest BCUT2D eigenvalue weighted by Crippen LogP contribution is 2.47. The fourth-order valence-electron chi connectivity index (χ4n) is 3.46. The summed E-state index contributed by atoms with van der Waals surface area (Å²) in [6, 6.07) is 0. The summed E-state index contributed by atoms with van der Waals surface area (Å²) in [6.45, 7) is 12.0. The molecule has 0 radical (unpaired) electrons. The highest BCUT2D eigenvalue weighted by molar-refractivity contribution is 7.98. The average molecular weight is 286 g/mol. The summed E-state index contributed by atoms with van der Waals surface area (Å²) in [4.78, 5) is 0. The first-order valence-corrected chi connectivity index (χ1v) is 9.52. The van der Waals surface area contributed by atoms with Gasteiger partial charge in [0, 0.05) is 6.54 Å². The molecule has 0 bridgehead atoms. The predicted octanol–water partition coefficient (Wildman–Crippen LogP) is 4.96. The fourth-order valence-corrected chi connectivity index (χ4v) is 4.10. The maximum atomic E-state index is 3.70. The number of nitrogens with one attached hydrogen (secondary N) is 1. The van der Waals surface area contributed by atoms with Crippen LogP contribution in [0.1, 0.15) is 66.2 Å². The molecule has 1 aliphatic carbocycles. The van der Waals surface area contributed by atoms with E-state index in [1.807, 2.05) is 11.8 Å². The zero-order valence-corrected chi connectivity index (χ0v) is 14.7. The van der Waals surface area contributed by atoms with E-state index in [2.05, 4.69) is 39.3 Å². The van der Waals surface area contributed by atoms with Crippen molar-refractivity contribution in [1.29, 1.82) is 0 Å². The molecule has 0 aromatic heterocycles. The van der Waals surface area contributed by atoms with Gasteiger partial charge in [0.25, 0.3) is 0 Å². The Morgan fingerprint density at radius 3 is 2.32 bits per heavy atom. The van der Waals surface area contributed by atoms with Crippen LogP contribution in [0.25, 0.3) is 0 Å². The first-order chi connectivity index (χ1) is 8.93. The highest BCUT2D eigenvalue weighted by atomic mass is 32.2. The lowest BCUT2D eigenvalue weighted by molar-refractivity contribution is 0.0842. The quantitative estimate of drug-likeness (QED) is 0.663. The zero-order chi connectivity index (χ0) is 14.4. The molecule has 1 nitrogen and oxygen atoms in total. The van der Waals surface area contributed by atoms with Crippen LogP contribution in [0.5, 0.6) is 0 Å². The van der Waals surface area contributed by atoms with Crippen molar-refractivity contribution in [2.24, 2.45) is 16.7 Å². The van der Waals surface area contributed by atoms with Gasteiger partial charge in [-0.1, -0.05) is 27.7 Å². The molecule has 0 aromatic rings. The monoisotopic (exact) mass is 285 g/mol. The molecule has 0 atom stereocenters. The SMILES string of the molecule is CCCNCC1(CCSC)CCC(C(C)(C)C)CC1. The van der Waals surface area contributed by atoms with Crippen molar-refractivity contribution < 1.29 is 0 Å². The largest absolute Gasteiger partial charge is 0.316 e. The van der Waals surface area contributed by atoms with E-state index in [0.29, 0.717) is 10.8 Å². The van der Waals surface area contributed by atoms with E-state index in [1.54, 1.807) is 0 Å². The Kier molecular flexibility index (Phi) is 7.24. The van der Waals surface area contributed by atoms with E-state index in [0.717, 1.165) is 5.92 Å². The standard InChI is InChI=1S/C17H35NS/c1-6-12-18-14-17(11-13-19-5)9-7-15(8-10-17)16(2,3)4/h15,18H,6-14H2,1-5H3. The fraction of sp³-hybridized carbons (Fsp3) is 1.00. The lowest BCUT2D eigenvalue weighted by Crippen LogP contribution is -2.40. The molecule has 1 aliphatic rings. The third kappa shape index (κ3) is 5.67. The second-order valence-electron chi connectivity index (χ2n) is 7.56. The molecule has 1 saturated carbocycles. The van der Waals surface area contributed by atoms with E-state index in [4.69, 9.17) is 0 Å². The molecule has 1 rings (SSSR count). The van der Waals surface area contributed by atoms with Gasteiger partial charge in [0.1, 0.15) is 0 Å². The van der Waals surface area contributed by atoms with E-state index >= 15 is 0 Å². The second kappa shape index (κ2) is 7.93. The second-order valence-corrected chi connectivity index (χ2v) is 8.55. The molecule has 0 heterocycles. The van der Waals surface area contributed by atoms with Crippen LogP contribution in [0.2, 0.25) is 0 Å². The Bertz CT molecular complexity index is 236. The van der Waals surface area contributed by atoms with Crippen molar-refractivity contribution in [2.45, 2.75) is 66.2 Å². The van der Waals surface area contributed by atoms with Crippen molar-refractivity contribution in [2.75, 3.05) is 25.1 Å². The van der Waals surface area contributed by atoms with Gasteiger partial charge in [-0.15, -0.1) is 0 Å². The van der Waals surface area contributed by atoms with Crippen molar-refractivity contribution >= 4 is 11.8 Å². The molecule has 1 N–H and O–H groups in total. The Morgan fingerprint density at radius 1 is 1.21 bits per heavy atom. The minimum absolute atomic E-state index is 0.502. The van der Waals surface area contributed by atoms with E-state index in [1.165, 1.54) is 57.4 Å². The van der Waals surface area contributed by atoms with Crippen LogP contribution in [-0.4, -0.2) is 25.1 Å². The number of hydrogen-bond donors (Lipinski definition) is 1. The Hall–Kier alpha value is 0.310. The summed E-state index contributed by atoms with van der Waals surface area (Å²) in [5.41, 5.74) is 1.10. The van der Waals surface area contributed by atoms with Crippen LogP contribution in [0.15, 0.2) is 0 Å². The van der Waals surface area contributed by atoms with Gasteiger partial charge in [-0.05, 0) is 73.8 Å². The van der Waals surface area contributed by atoms with Gasteiger partial charge < -0.3 is 5.32 Å². The van der Waals surface area contributed by atoms with Crippen LogP contribution in [0.3, 0.4) is 0 Å². The van der Waals surface area contributed by atoms with Gasteiger partial charge in [-0.2, -0.15) is 11.8 Å². The first kappa shape index (κ1) is 17.4. The Labute approximate surface area is 125 Å². The number of hydrogen-bond acceptors (Lipinski definition) is 2. The topological polar surface area (TPSA) is 12.0 Å². The van der Waals surface area contributed by atoms with Gasteiger partial charge in [-0.3, -0.25) is 0 Å². The summed E-state index contributed by atoms with van der Waals surface area (Å²) >= 11 is 2.01. The average Bonchev–Trinajstić information content (AvgIpc) is 2.36. The summed E-state index contributed by atoms with van der Waals surface area (Å²) in [7, 11) is 0. The van der Waals surface area contributed by atoms with E-state index in [-0.39, 0.29) is 0 Å². The zero-order valence-electron chi connectivity index (χ0n) is 13.8. The number of thioether (sulfide) groups is 1. The van der Waals surface area contributed by atoms with E-state index < -0.39 is 0 Å². The normalized spacial score (nSPS) is 28.6. The molecule has 0 saturated heterocycles. The number of rotatable bonds is 7. The predicted molar refractivity (Wildman–Crippen MR) is 90.0 cm³/mol. The highest BCUT2D eigenvalue weighted by Gasteiger charge is 2.37. The minimum Gasteiger partial charge on any atom is -0.316 e. The maximum absolute atomic E-state index is 3.70. The van der Waals surface area contributed by atoms with Crippen LogP contribution in [-0.2, 0) is 0 Å². The third-order valence-corrected chi connectivity index (χ3v) is 5.65. The molecule has 0 unspecified atom stereocenters. The van der Waals surface area contributed by atoms with Crippen LogP contribution in [0.4, 0.5) is 0 Å². The van der Waals surface area contributed by atoms with Gasteiger partial charge in [-0.25, -0.2) is 0 Å². The minimum atomic E-state index is 0.502. The van der Waals surface area contributed by atoms with Crippen LogP contribution < -0.4 is 5.32 Å². The van der Waals surface area contributed by atoms with Gasteiger partial charge in [0.05, 0.1) is 0 Å². The van der Waals surface area contributed by atoms with Crippen LogP contribution in [0, 0.1) is 16.7 Å². The summed E-state index contributed by atoms with van der Waals surface area (Å²) < 4.78 is 0. The molecule has 0 aliphatic heterocycles. The molecule has 0 aromatic carbocycles. The molecule has 114 valence electrons. The van der Waals surface area contributed by atoms with Crippen molar-refractivity contribution in [1.82, 2.24) is 5.32 Å². The van der Waals surface area contributed by atoms with Crippen molar-refractivity contribution in [3.05, 3.63) is 0 Å². The van der Waals surface area contributed by atoms with Crippen LogP contribution >= 0.6 is 11.8 Å². The summed E-state index contributed by atoms with van der Waals surface area (Å²) in [5.74, 6) is 2.26. The molecule has 2 heteroatoms. The first-order valence-electron chi connectivity index (χ1n) is 8.13. The smallest absolute Gasteiger partial charge is 0.000810 e. The molecular formula is C17H35NS. The molecule has 1 fully saturated rings. The molecule has 0 amide bonds. The van der Waals surface area contributed by atoms with Gasteiger partial charge in [0.2, 0.25) is 0 Å². The Balaban J connectivity index is 2.53. The van der Waals surface area contributed by atoms with Crippen molar-refractivity contribution in [3.63, 3.8) is 0 Å². The van der Waals surface area contributed by atoms with Gasteiger partial charge in [0.15, 0.2) is 0 Å². The van der Waals surface area contributed by atoms with Crippen molar-refractivity contribution in [3.8, 4) is 0 Å². The maximum Gasteiger partial charge on any atom is 0.000810 e. The molecule has 0 spiro atoms. The third-order valence-electron chi connectivity index (χ3n) is 5.03. The molecule has 19 heavy (non-hydrogen) atoms. The molecular weight excluding hydrogens is 250 g/mol. The van der Waals surface area contributed by atoms with Gasteiger partial charge >= 0.3 is 0 Å². The van der Waals surface area contributed by atoms with E-state index in [9.17, 15) is 0 Å². The summed E-state index contributed by atoms with van der Waals surface area (Å²) in [6.07, 6.45) is 10.6.